The van der Waals surface area contributed by atoms with Crippen molar-refractivity contribution >= 4 is 21.4 Å². The molecule has 0 saturated heterocycles. The first kappa shape index (κ1) is 11.3. The van der Waals surface area contributed by atoms with Crippen LogP contribution < -0.4 is 0 Å². The maximum Gasteiger partial charge on any atom is 0.0991 e. The molecule has 2 aromatic rings. The van der Waals surface area contributed by atoms with E-state index in [9.17, 15) is 0 Å². The molecule has 3 heteroatoms. The van der Waals surface area contributed by atoms with E-state index >= 15 is 0 Å². The van der Waals surface area contributed by atoms with Gasteiger partial charge in [0, 0.05) is 21.5 Å². The first-order chi connectivity index (χ1) is 6.35. The van der Waals surface area contributed by atoms with E-state index in [1.165, 1.54) is 15.6 Å². The number of nitrogens with zero attached hydrogens (tertiary/aromatic N) is 1. The molecule has 0 aliphatic rings. The monoisotopic (exact) mass is 245 g/mol. The van der Waals surface area contributed by atoms with E-state index in [0.29, 0.717) is 0 Å². The van der Waals surface area contributed by atoms with Crippen LogP contribution >= 0.6 is 11.3 Å². The molecule has 0 unspecified atom stereocenters. The van der Waals surface area contributed by atoms with E-state index in [0.717, 1.165) is 12.0 Å². The number of benzene rings is 1. The average molecular weight is 245 g/mol. The van der Waals surface area contributed by atoms with Crippen molar-refractivity contribution < 1.29 is 16.8 Å². The minimum Gasteiger partial charge on any atom is -0.339 e. The van der Waals surface area contributed by atoms with Gasteiger partial charge in [0.05, 0.1) is 11.6 Å². The molecule has 0 bridgehead atoms. The minimum atomic E-state index is 0. The van der Waals surface area contributed by atoms with Crippen LogP contribution in [0.3, 0.4) is 0 Å². The summed E-state index contributed by atoms with van der Waals surface area (Å²) >= 11 is 1.71. The van der Waals surface area contributed by atoms with Crippen LogP contribution in [0.4, 0.5) is 0 Å². The number of thiophene rings is 1. The molecule has 1 nitrogen and oxygen atoms in total. The van der Waals surface area contributed by atoms with Crippen molar-refractivity contribution in [2.24, 2.45) is 0 Å². The predicted octanol–water partition coefficient (Wildman–Crippen LogP) is 3.15. The van der Waals surface area contributed by atoms with Crippen LogP contribution in [-0.2, 0) is 23.2 Å². The van der Waals surface area contributed by atoms with Crippen LogP contribution in [0.25, 0.3) is 10.1 Å². The Labute approximate surface area is 97.6 Å². The van der Waals surface area contributed by atoms with Crippen molar-refractivity contribution in [1.82, 2.24) is 0 Å². The summed E-state index contributed by atoms with van der Waals surface area (Å²) < 4.78 is 1.23. The molecule has 1 heterocycles. The Morgan fingerprint density at radius 2 is 2.21 bits per heavy atom. The third-order valence-corrected chi connectivity index (χ3v) is 3.06. The second kappa shape index (κ2) is 4.60. The molecule has 14 heavy (non-hydrogen) atoms. The summed E-state index contributed by atoms with van der Waals surface area (Å²) in [6.07, 6.45) is 0.787. The van der Waals surface area contributed by atoms with Crippen LogP contribution in [0.2, 0.25) is 0 Å². The largest absolute Gasteiger partial charge is 0.339 e. The molecule has 0 amide bonds. The second-order valence-corrected chi connectivity index (χ2v) is 3.74. The van der Waals surface area contributed by atoms with E-state index < -0.39 is 0 Å². The van der Waals surface area contributed by atoms with Crippen molar-refractivity contribution in [2.75, 3.05) is 0 Å². The molecular weight excluding hydrogens is 237 g/mol. The van der Waals surface area contributed by atoms with Gasteiger partial charge in [0.2, 0.25) is 0 Å². The molecule has 0 saturated carbocycles. The molecule has 1 radical (unpaired) electrons. The summed E-state index contributed by atoms with van der Waals surface area (Å²) in [7, 11) is 0. The van der Waals surface area contributed by atoms with Gasteiger partial charge in [-0.05, 0) is 29.0 Å². The average Bonchev–Trinajstić information content (AvgIpc) is 2.59. The smallest absolute Gasteiger partial charge is 0.0991 e. The van der Waals surface area contributed by atoms with Gasteiger partial charge < -0.3 is 6.92 Å². The zero-order valence-corrected chi connectivity index (χ0v) is 9.27. The summed E-state index contributed by atoms with van der Waals surface area (Å²) in [5.74, 6) is 0. The van der Waals surface area contributed by atoms with E-state index in [1.54, 1.807) is 11.3 Å². The molecule has 1 aromatic carbocycles. The van der Waals surface area contributed by atoms with E-state index in [4.69, 9.17) is 5.26 Å². The summed E-state index contributed by atoms with van der Waals surface area (Å²) in [5.41, 5.74) is 1.96. The van der Waals surface area contributed by atoms with Gasteiger partial charge in [-0.2, -0.15) is 11.7 Å². The molecule has 0 N–H and O–H groups in total. The maximum absolute atomic E-state index is 8.74. The van der Waals surface area contributed by atoms with E-state index in [1.807, 2.05) is 18.2 Å². The van der Waals surface area contributed by atoms with Crippen molar-refractivity contribution in [1.29, 1.82) is 5.26 Å². The van der Waals surface area contributed by atoms with E-state index in [2.05, 4.69) is 18.4 Å². The number of hydrogen-bond donors (Lipinski definition) is 0. The van der Waals surface area contributed by atoms with Crippen molar-refractivity contribution in [3.63, 3.8) is 0 Å². The zero-order chi connectivity index (χ0) is 9.26. The maximum atomic E-state index is 8.74. The van der Waals surface area contributed by atoms with Crippen LogP contribution in [-0.4, -0.2) is 0 Å². The van der Waals surface area contributed by atoms with Crippen molar-refractivity contribution in [2.45, 2.75) is 6.42 Å². The fourth-order valence-electron chi connectivity index (χ4n) is 1.34. The topological polar surface area (TPSA) is 23.8 Å². The fraction of sp³-hybridized carbons (Fsp3) is 0.0909. The first-order valence-corrected chi connectivity index (χ1v) is 4.92. The number of rotatable bonds is 1. The Morgan fingerprint density at radius 1 is 1.43 bits per heavy atom. The first-order valence-electron chi connectivity index (χ1n) is 4.04. The molecule has 2 rings (SSSR count). The molecule has 0 aliphatic heterocycles. The third-order valence-electron chi connectivity index (χ3n) is 2.05. The van der Waals surface area contributed by atoms with Gasteiger partial charge in [0.25, 0.3) is 0 Å². The van der Waals surface area contributed by atoms with Gasteiger partial charge in [-0.15, -0.1) is 11.3 Å². The Hall–Kier alpha value is -0.824. The van der Waals surface area contributed by atoms with Crippen molar-refractivity contribution in [3.8, 4) is 6.07 Å². The van der Waals surface area contributed by atoms with E-state index in [-0.39, 0.29) is 16.8 Å². The molecular formula is C11H8CoNS-. The Bertz CT molecular complexity index is 481. The Kier molecular flexibility index (Phi) is 3.70. The minimum absolute atomic E-state index is 0. The zero-order valence-electron chi connectivity index (χ0n) is 7.41. The fourth-order valence-corrected chi connectivity index (χ4v) is 2.32. The van der Waals surface area contributed by atoms with Crippen LogP contribution in [0.15, 0.2) is 23.6 Å². The molecule has 1 aromatic heterocycles. The third kappa shape index (κ3) is 1.83. The van der Waals surface area contributed by atoms with Crippen molar-refractivity contribution in [3.05, 3.63) is 41.6 Å². The summed E-state index contributed by atoms with van der Waals surface area (Å²) in [6, 6.07) is 7.93. The quantitative estimate of drug-likeness (QED) is 0.708. The number of fused-ring (bicyclic) bond motifs is 1. The standard InChI is InChI=1S/C11H8NS.Co/c1-2-9-7-13-11-4-3-8(6-12)5-10(9)11;/h3-5,7H,1-2H2;/q-1;. The predicted molar refractivity (Wildman–Crippen MR) is 55.6 cm³/mol. The van der Waals surface area contributed by atoms with Gasteiger partial charge >= 0.3 is 0 Å². The number of hydrogen-bond acceptors (Lipinski definition) is 2. The summed E-state index contributed by atoms with van der Waals surface area (Å²) in [6.45, 7) is 3.86. The SMILES string of the molecule is [CH2-]Cc1csc2ccc(C#N)cc12.[Co]. The molecule has 0 fully saturated rings. The van der Waals surface area contributed by atoms with Gasteiger partial charge in [0.1, 0.15) is 0 Å². The molecule has 0 atom stereocenters. The summed E-state index contributed by atoms with van der Waals surface area (Å²) in [4.78, 5) is 0. The second-order valence-electron chi connectivity index (χ2n) is 2.83. The molecule has 73 valence electrons. The Balaban J connectivity index is 0.000000980. The van der Waals surface area contributed by atoms with Gasteiger partial charge in [-0.1, -0.05) is 5.56 Å². The normalized spacial score (nSPS) is 9.43. The summed E-state index contributed by atoms with van der Waals surface area (Å²) in [5, 5.41) is 12.0. The molecule has 0 spiro atoms. The van der Waals surface area contributed by atoms with Crippen LogP contribution in [0, 0.1) is 18.3 Å². The number of nitriles is 1. The van der Waals surface area contributed by atoms with Gasteiger partial charge in [-0.3, -0.25) is 0 Å². The van der Waals surface area contributed by atoms with Gasteiger partial charge in [-0.25, -0.2) is 0 Å². The van der Waals surface area contributed by atoms with Crippen LogP contribution in [0.1, 0.15) is 11.1 Å². The Morgan fingerprint density at radius 3 is 2.86 bits per heavy atom. The van der Waals surface area contributed by atoms with Gasteiger partial charge in [0.15, 0.2) is 0 Å². The molecule has 0 aliphatic carbocycles. The van der Waals surface area contributed by atoms with Crippen LogP contribution in [0.5, 0.6) is 0 Å².